The third-order valence-electron chi connectivity index (χ3n) is 4.85. The van der Waals surface area contributed by atoms with Crippen LogP contribution in [0.1, 0.15) is 35.5 Å². The summed E-state index contributed by atoms with van der Waals surface area (Å²) in [6.45, 7) is 5.65. The highest BCUT2D eigenvalue weighted by Gasteiger charge is 2.16. The molecule has 0 unspecified atom stereocenters. The fourth-order valence-corrected chi connectivity index (χ4v) is 3.35. The smallest absolute Gasteiger partial charge is 0.262 e. The van der Waals surface area contributed by atoms with Crippen LogP contribution in [0.25, 0.3) is 11.8 Å². The summed E-state index contributed by atoms with van der Waals surface area (Å²) >= 11 is 0. The molecule has 1 amide bonds. The Bertz CT molecular complexity index is 1110. The van der Waals surface area contributed by atoms with Crippen LogP contribution in [0.2, 0.25) is 0 Å². The molecule has 0 saturated carbocycles. The Morgan fingerprint density at radius 1 is 1.14 bits per heavy atom. The molecule has 0 aliphatic heterocycles. The lowest BCUT2D eigenvalue weighted by atomic mass is 10.1. The first-order valence-electron chi connectivity index (χ1n) is 9.33. The van der Waals surface area contributed by atoms with E-state index >= 15 is 0 Å². The molecule has 0 saturated heterocycles. The van der Waals surface area contributed by atoms with E-state index in [0.717, 1.165) is 22.5 Å². The summed E-state index contributed by atoms with van der Waals surface area (Å²) in [5, 5.41) is 12.4. The number of amides is 1. The zero-order valence-electron chi connectivity index (χ0n) is 16.6. The van der Waals surface area contributed by atoms with Crippen molar-refractivity contribution in [2.24, 2.45) is 0 Å². The minimum absolute atomic E-state index is 0.0206. The lowest BCUT2D eigenvalue weighted by Gasteiger charge is -2.13. The molecule has 1 heterocycles. The maximum absolute atomic E-state index is 13.6. The van der Waals surface area contributed by atoms with Gasteiger partial charge >= 0.3 is 0 Å². The van der Waals surface area contributed by atoms with Crippen molar-refractivity contribution in [3.8, 4) is 11.8 Å². The van der Waals surface area contributed by atoms with Gasteiger partial charge in [0.25, 0.3) is 5.91 Å². The molecule has 0 aliphatic rings. The van der Waals surface area contributed by atoms with E-state index in [9.17, 15) is 14.4 Å². The molecule has 4 nitrogen and oxygen atoms in total. The summed E-state index contributed by atoms with van der Waals surface area (Å²) in [6, 6.07) is 19.5. The summed E-state index contributed by atoms with van der Waals surface area (Å²) < 4.78 is 15.5. The minimum atomic E-state index is -0.431. The van der Waals surface area contributed by atoms with E-state index in [0.29, 0.717) is 5.69 Å². The van der Waals surface area contributed by atoms with Gasteiger partial charge < -0.3 is 9.88 Å². The van der Waals surface area contributed by atoms with Crippen LogP contribution in [0, 0.1) is 31.0 Å². The molecule has 3 aromatic rings. The van der Waals surface area contributed by atoms with Gasteiger partial charge in [-0.15, -0.1) is 0 Å². The summed E-state index contributed by atoms with van der Waals surface area (Å²) in [7, 11) is 0. The van der Waals surface area contributed by atoms with E-state index < -0.39 is 5.91 Å². The van der Waals surface area contributed by atoms with Gasteiger partial charge in [-0.1, -0.05) is 36.4 Å². The molecule has 5 heteroatoms. The predicted octanol–water partition coefficient (Wildman–Crippen LogP) is 5.02. The first-order valence-corrected chi connectivity index (χ1v) is 9.33. The average Bonchev–Trinajstić information content (AvgIpc) is 2.99. The molecule has 1 aromatic heterocycles. The van der Waals surface area contributed by atoms with Gasteiger partial charge in [-0.05, 0) is 62.2 Å². The molecule has 1 N–H and O–H groups in total. The number of aryl methyl sites for hydroxylation is 1. The van der Waals surface area contributed by atoms with Crippen LogP contribution >= 0.6 is 0 Å². The van der Waals surface area contributed by atoms with Gasteiger partial charge in [0.15, 0.2) is 0 Å². The number of benzene rings is 2. The van der Waals surface area contributed by atoms with Gasteiger partial charge in [-0.25, -0.2) is 4.39 Å². The fourth-order valence-electron chi connectivity index (χ4n) is 3.35. The first-order chi connectivity index (χ1) is 13.9. The molecule has 0 fully saturated rings. The Kier molecular flexibility index (Phi) is 5.94. The van der Waals surface area contributed by atoms with Gasteiger partial charge in [0.05, 0.1) is 6.04 Å². The van der Waals surface area contributed by atoms with Crippen molar-refractivity contribution in [1.29, 1.82) is 5.26 Å². The summed E-state index contributed by atoms with van der Waals surface area (Å²) in [5.74, 6) is -0.751. The fraction of sp³-hybridized carbons (Fsp3) is 0.167. The number of nitrogens with zero attached hydrogens (tertiary/aromatic N) is 2. The number of carbonyl (C=O) groups excluding carboxylic acids is 1. The summed E-state index contributed by atoms with van der Waals surface area (Å²) in [6.07, 6.45) is 1.57. The average molecular weight is 387 g/mol. The molecule has 0 spiro atoms. The van der Waals surface area contributed by atoms with Crippen molar-refractivity contribution in [2.75, 3.05) is 0 Å². The van der Waals surface area contributed by atoms with Crippen molar-refractivity contribution in [1.82, 2.24) is 9.88 Å². The zero-order chi connectivity index (χ0) is 21.0. The Labute approximate surface area is 169 Å². The number of halogens is 1. The van der Waals surface area contributed by atoms with Crippen molar-refractivity contribution >= 4 is 12.0 Å². The van der Waals surface area contributed by atoms with Gasteiger partial charge in [0, 0.05) is 17.1 Å². The van der Waals surface area contributed by atoms with Crippen LogP contribution in [-0.2, 0) is 4.79 Å². The maximum Gasteiger partial charge on any atom is 0.262 e. The lowest BCUT2D eigenvalue weighted by Crippen LogP contribution is -2.27. The number of hydrogen-bond donors (Lipinski definition) is 1. The number of nitriles is 1. The highest BCUT2D eigenvalue weighted by Crippen LogP contribution is 2.23. The summed E-state index contributed by atoms with van der Waals surface area (Å²) in [5.41, 5.74) is 4.13. The van der Waals surface area contributed by atoms with Crippen LogP contribution in [0.4, 0.5) is 4.39 Å². The standard InChI is InChI=1S/C24H22FN3O/c1-16-12-20(18(3)28(16)23-11-7-10-22(25)14-23)13-21(15-26)24(29)27-17(2)19-8-5-4-6-9-19/h4-14,17H,1-3H3,(H,27,29)/b21-13-/t17-/m0/s1. The van der Waals surface area contributed by atoms with Crippen LogP contribution in [0.5, 0.6) is 0 Å². The molecule has 29 heavy (non-hydrogen) atoms. The number of nitrogens with one attached hydrogen (secondary N) is 1. The van der Waals surface area contributed by atoms with E-state index in [-0.39, 0.29) is 17.4 Å². The van der Waals surface area contributed by atoms with Crippen LogP contribution in [0.15, 0.2) is 66.2 Å². The summed E-state index contributed by atoms with van der Waals surface area (Å²) in [4.78, 5) is 12.6. The second-order valence-electron chi connectivity index (χ2n) is 6.92. The molecule has 0 aliphatic carbocycles. The molecule has 0 bridgehead atoms. The molecule has 2 aromatic carbocycles. The Balaban J connectivity index is 1.89. The van der Waals surface area contributed by atoms with Gasteiger partial charge in [0.2, 0.25) is 0 Å². The van der Waals surface area contributed by atoms with Crippen LogP contribution in [0.3, 0.4) is 0 Å². The quantitative estimate of drug-likeness (QED) is 0.494. The van der Waals surface area contributed by atoms with Crippen molar-refractivity contribution in [3.63, 3.8) is 0 Å². The zero-order valence-corrected chi connectivity index (χ0v) is 16.6. The largest absolute Gasteiger partial charge is 0.345 e. The highest BCUT2D eigenvalue weighted by atomic mass is 19.1. The van der Waals surface area contributed by atoms with E-state index in [1.165, 1.54) is 12.1 Å². The first kappa shape index (κ1) is 20.1. The van der Waals surface area contributed by atoms with Crippen molar-refractivity contribution < 1.29 is 9.18 Å². The molecular weight excluding hydrogens is 365 g/mol. The van der Waals surface area contributed by atoms with E-state index in [2.05, 4.69) is 5.32 Å². The third kappa shape index (κ3) is 4.44. The predicted molar refractivity (Wildman–Crippen MR) is 112 cm³/mol. The van der Waals surface area contributed by atoms with Crippen LogP contribution in [-0.4, -0.2) is 10.5 Å². The van der Waals surface area contributed by atoms with Gasteiger partial charge in [-0.3, -0.25) is 4.79 Å². The lowest BCUT2D eigenvalue weighted by molar-refractivity contribution is -0.117. The van der Waals surface area contributed by atoms with Crippen molar-refractivity contribution in [2.45, 2.75) is 26.8 Å². The molecular formula is C24H22FN3O. The van der Waals surface area contributed by atoms with Crippen LogP contribution < -0.4 is 5.32 Å². The highest BCUT2D eigenvalue weighted by molar-refractivity contribution is 6.02. The van der Waals surface area contributed by atoms with E-state index in [4.69, 9.17) is 0 Å². The monoisotopic (exact) mass is 387 g/mol. The maximum atomic E-state index is 13.6. The Hall–Kier alpha value is -3.65. The Morgan fingerprint density at radius 2 is 1.86 bits per heavy atom. The number of carbonyl (C=O) groups is 1. The Morgan fingerprint density at radius 3 is 2.52 bits per heavy atom. The second kappa shape index (κ2) is 8.57. The van der Waals surface area contributed by atoms with E-state index in [1.54, 1.807) is 12.1 Å². The number of rotatable bonds is 5. The molecule has 146 valence electrons. The SMILES string of the molecule is Cc1cc(/C=C(/C#N)C(=O)N[C@@H](C)c2ccccc2)c(C)n1-c1cccc(F)c1. The molecule has 0 radical (unpaired) electrons. The van der Waals surface area contributed by atoms with Gasteiger partial charge in [-0.2, -0.15) is 5.26 Å². The van der Waals surface area contributed by atoms with E-state index in [1.807, 2.05) is 73.9 Å². The third-order valence-corrected chi connectivity index (χ3v) is 4.85. The normalized spacial score (nSPS) is 12.3. The topological polar surface area (TPSA) is 57.8 Å². The minimum Gasteiger partial charge on any atom is -0.345 e. The molecule has 3 rings (SSSR count). The number of aromatic nitrogens is 1. The van der Waals surface area contributed by atoms with Crippen molar-refractivity contribution in [3.05, 3.63) is 94.6 Å². The number of hydrogen-bond acceptors (Lipinski definition) is 2. The van der Waals surface area contributed by atoms with Gasteiger partial charge in [0.1, 0.15) is 17.5 Å². The molecule has 1 atom stereocenters. The second-order valence-corrected chi connectivity index (χ2v) is 6.92.